The molecular formula is C43H25N3O2. The van der Waals surface area contributed by atoms with E-state index in [0.717, 1.165) is 27.5 Å². The first kappa shape index (κ1) is 20.5. The summed E-state index contributed by atoms with van der Waals surface area (Å²) in [6, 6.07) is 32.1. The minimum atomic E-state index is -0.359. The Labute approximate surface area is 284 Å². The number of hydrogen-bond acceptors (Lipinski definition) is 5. The Morgan fingerprint density at radius 1 is 0.438 bits per heavy atom. The second-order valence-electron chi connectivity index (χ2n) is 11.5. The fourth-order valence-corrected chi connectivity index (χ4v) is 6.32. The molecule has 0 aliphatic heterocycles. The molecule has 0 aliphatic carbocycles. The van der Waals surface area contributed by atoms with Crippen molar-refractivity contribution in [1.82, 2.24) is 15.0 Å². The van der Waals surface area contributed by atoms with Gasteiger partial charge in [-0.15, -0.1) is 0 Å². The molecule has 0 amide bonds. The quantitative estimate of drug-likeness (QED) is 0.195. The second kappa shape index (κ2) is 10.5. The number of rotatable bonds is 4. The Kier molecular flexibility index (Phi) is 4.48. The molecule has 3 heterocycles. The molecule has 224 valence electrons. The number of fused-ring (bicyclic) bond motifs is 8. The average molecular weight is 623 g/mol. The maximum absolute atomic E-state index is 9.17. The van der Waals surface area contributed by atoms with Gasteiger partial charge in [-0.1, -0.05) is 115 Å². The summed E-state index contributed by atoms with van der Waals surface area (Å²) in [6.07, 6.45) is 0. The van der Waals surface area contributed by atoms with Crippen molar-refractivity contribution in [3.05, 3.63) is 151 Å². The molecule has 0 radical (unpaired) electrons. The van der Waals surface area contributed by atoms with E-state index >= 15 is 0 Å². The van der Waals surface area contributed by atoms with Gasteiger partial charge in [-0.3, -0.25) is 0 Å². The average Bonchev–Trinajstić information content (AvgIpc) is 3.77. The van der Waals surface area contributed by atoms with Gasteiger partial charge in [0, 0.05) is 43.6 Å². The summed E-state index contributed by atoms with van der Waals surface area (Å²) in [7, 11) is 0. The zero-order valence-corrected chi connectivity index (χ0v) is 25.1. The van der Waals surface area contributed by atoms with E-state index in [9.17, 15) is 1.37 Å². The lowest BCUT2D eigenvalue weighted by molar-refractivity contribution is 0.669. The fourth-order valence-electron chi connectivity index (χ4n) is 6.32. The van der Waals surface area contributed by atoms with E-state index in [4.69, 9.17) is 32.0 Å². The lowest BCUT2D eigenvalue weighted by Crippen LogP contribution is -2.00. The monoisotopic (exact) mass is 622 g/mol. The summed E-state index contributed by atoms with van der Waals surface area (Å²) in [5, 5.41) is 2.53. The van der Waals surface area contributed by atoms with Crippen LogP contribution in [0.2, 0.25) is 0 Å². The Balaban J connectivity index is 1.23. The van der Waals surface area contributed by atoms with E-state index in [0.29, 0.717) is 22.5 Å². The van der Waals surface area contributed by atoms with Gasteiger partial charge < -0.3 is 8.83 Å². The first-order chi connectivity index (χ1) is 26.7. The lowest BCUT2D eigenvalue weighted by Gasteiger charge is -2.09. The standard InChI is InChI=1S/C43H25N3O2/c1-3-10-26(11-4-1)29-19-21-32-33-22-20-30(25-38(33)47-37(32)24-29)42-44-41(28-13-5-2-6-14-28)45-43(46-42)35-16-9-17-36-39(35)34-23-18-27-12-7-8-15-31(27)40(34)48-36/h1-25H/i7D,8D,9D,12D,16D,18D,23D. The summed E-state index contributed by atoms with van der Waals surface area (Å²) >= 11 is 0. The topological polar surface area (TPSA) is 65.0 Å². The van der Waals surface area contributed by atoms with Crippen LogP contribution in [0.4, 0.5) is 0 Å². The molecule has 3 aromatic heterocycles. The number of benzene rings is 7. The zero-order chi connectivity index (χ0) is 37.7. The van der Waals surface area contributed by atoms with E-state index in [1.54, 1.807) is 0 Å². The van der Waals surface area contributed by atoms with Crippen LogP contribution in [-0.4, -0.2) is 15.0 Å². The molecule has 0 fully saturated rings. The molecular weight excluding hydrogens is 590 g/mol. The number of hydrogen-bond donors (Lipinski definition) is 0. The van der Waals surface area contributed by atoms with Crippen LogP contribution in [0.5, 0.6) is 0 Å². The van der Waals surface area contributed by atoms with Crippen LogP contribution < -0.4 is 0 Å². The smallest absolute Gasteiger partial charge is 0.164 e. The first-order valence-electron chi connectivity index (χ1n) is 18.9. The number of furan rings is 2. The van der Waals surface area contributed by atoms with E-state index in [-0.39, 0.29) is 92.2 Å². The third-order valence-electron chi connectivity index (χ3n) is 8.62. The van der Waals surface area contributed by atoms with Crippen LogP contribution in [0.3, 0.4) is 0 Å². The van der Waals surface area contributed by atoms with Crippen LogP contribution >= 0.6 is 0 Å². The van der Waals surface area contributed by atoms with Crippen molar-refractivity contribution in [2.45, 2.75) is 0 Å². The zero-order valence-electron chi connectivity index (χ0n) is 32.1. The van der Waals surface area contributed by atoms with E-state index < -0.39 is 0 Å². The van der Waals surface area contributed by atoms with Crippen LogP contribution in [0, 0.1) is 0 Å². The van der Waals surface area contributed by atoms with Crippen molar-refractivity contribution >= 4 is 54.6 Å². The Bertz CT molecular complexity index is 3240. The molecule has 7 aromatic carbocycles. The van der Waals surface area contributed by atoms with Gasteiger partial charge in [0.2, 0.25) is 0 Å². The molecule has 0 aliphatic rings. The molecule has 10 rings (SSSR count). The van der Waals surface area contributed by atoms with Crippen molar-refractivity contribution in [3.8, 4) is 45.3 Å². The Hall–Kier alpha value is -6.59. The van der Waals surface area contributed by atoms with Gasteiger partial charge in [-0.05, 0) is 52.9 Å². The third kappa shape index (κ3) is 4.22. The predicted octanol–water partition coefficient (Wildman–Crippen LogP) is 11.5. The van der Waals surface area contributed by atoms with Gasteiger partial charge in [-0.2, -0.15) is 0 Å². The summed E-state index contributed by atoms with van der Waals surface area (Å²) in [4.78, 5) is 14.6. The predicted molar refractivity (Wildman–Crippen MR) is 194 cm³/mol. The van der Waals surface area contributed by atoms with Gasteiger partial charge in [0.05, 0.1) is 9.60 Å². The van der Waals surface area contributed by atoms with Gasteiger partial charge in [0.15, 0.2) is 17.5 Å². The molecule has 5 nitrogen and oxygen atoms in total. The molecule has 5 heteroatoms. The molecule has 0 unspecified atom stereocenters. The Morgan fingerprint density at radius 2 is 1.12 bits per heavy atom. The lowest BCUT2D eigenvalue weighted by atomic mass is 10.0. The highest BCUT2D eigenvalue weighted by atomic mass is 16.3. The van der Waals surface area contributed by atoms with E-state index in [2.05, 4.69) is 24.3 Å². The Morgan fingerprint density at radius 3 is 1.92 bits per heavy atom. The molecule has 0 saturated heterocycles. The van der Waals surface area contributed by atoms with Gasteiger partial charge in [0.25, 0.3) is 0 Å². The van der Waals surface area contributed by atoms with Crippen molar-refractivity contribution in [1.29, 1.82) is 0 Å². The van der Waals surface area contributed by atoms with Crippen LogP contribution in [0.1, 0.15) is 9.60 Å². The summed E-state index contributed by atoms with van der Waals surface area (Å²) in [5.41, 5.74) is 5.16. The molecule has 48 heavy (non-hydrogen) atoms. The molecule has 10 aromatic rings. The van der Waals surface area contributed by atoms with Crippen molar-refractivity contribution in [3.63, 3.8) is 0 Å². The minimum Gasteiger partial charge on any atom is -0.456 e. The van der Waals surface area contributed by atoms with Crippen LogP contribution in [0.25, 0.3) is 99.9 Å². The largest absolute Gasteiger partial charge is 0.456 e. The maximum atomic E-state index is 9.17. The minimum absolute atomic E-state index is 0.0161. The fraction of sp³-hybridized carbons (Fsp3) is 0. The highest BCUT2D eigenvalue weighted by Crippen LogP contribution is 2.40. The highest BCUT2D eigenvalue weighted by Gasteiger charge is 2.19. The van der Waals surface area contributed by atoms with E-state index in [1.165, 1.54) is 12.1 Å². The first-order valence-corrected chi connectivity index (χ1v) is 15.4. The van der Waals surface area contributed by atoms with Gasteiger partial charge >= 0.3 is 0 Å². The summed E-state index contributed by atoms with van der Waals surface area (Å²) in [6.45, 7) is 0. The van der Waals surface area contributed by atoms with Gasteiger partial charge in [-0.25, -0.2) is 15.0 Å². The maximum Gasteiger partial charge on any atom is 0.164 e. The highest BCUT2D eigenvalue weighted by molar-refractivity contribution is 6.18. The SMILES string of the molecule is [2H]c1cc2c(c([2H])c1[2H])c([2H])c([2H])c1c2oc2cc([2H])c([2H])c(-c3nc(-c4ccccc4)nc(-c4ccc5c(c4)oc4cc(-c6ccccc6)ccc45)n3)c21. The van der Waals surface area contributed by atoms with Crippen molar-refractivity contribution < 1.29 is 18.4 Å². The summed E-state index contributed by atoms with van der Waals surface area (Å²) in [5.74, 6) is 0.653. The van der Waals surface area contributed by atoms with Crippen LogP contribution in [-0.2, 0) is 0 Å². The molecule has 0 bridgehead atoms. The van der Waals surface area contributed by atoms with Crippen LogP contribution in [0.15, 0.2) is 160 Å². The molecule has 0 atom stereocenters. The molecule has 0 saturated carbocycles. The van der Waals surface area contributed by atoms with E-state index in [1.807, 2.05) is 72.8 Å². The molecule has 0 N–H and O–H groups in total. The third-order valence-corrected chi connectivity index (χ3v) is 8.62. The van der Waals surface area contributed by atoms with Crippen molar-refractivity contribution in [2.24, 2.45) is 0 Å². The molecule has 0 spiro atoms. The van der Waals surface area contributed by atoms with Crippen molar-refractivity contribution in [2.75, 3.05) is 0 Å². The summed E-state index contributed by atoms with van der Waals surface area (Å²) < 4.78 is 73.6. The number of aromatic nitrogens is 3. The van der Waals surface area contributed by atoms with Gasteiger partial charge in [0.1, 0.15) is 22.3 Å². The normalized spacial score (nSPS) is 13.8. The second-order valence-corrected chi connectivity index (χ2v) is 11.5. The number of nitrogens with zero attached hydrogens (tertiary/aromatic N) is 3.